The smallest absolute Gasteiger partial charge is 0.251 e. The van der Waals surface area contributed by atoms with Crippen LogP contribution in [0.4, 0.5) is 5.69 Å². The van der Waals surface area contributed by atoms with Gasteiger partial charge in [0.1, 0.15) is 0 Å². The minimum Gasteiger partial charge on any atom is -0.348 e. The first-order chi connectivity index (χ1) is 14.5. The van der Waals surface area contributed by atoms with Gasteiger partial charge in [0, 0.05) is 35.8 Å². The van der Waals surface area contributed by atoms with Gasteiger partial charge < -0.3 is 10.2 Å². The summed E-state index contributed by atoms with van der Waals surface area (Å²) in [4.78, 5) is 26.4. The third-order valence-electron chi connectivity index (χ3n) is 5.43. The minimum absolute atomic E-state index is 0.112. The molecule has 0 saturated heterocycles. The third kappa shape index (κ3) is 4.24. The van der Waals surface area contributed by atoms with E-state index in [9.17, 15) is 9.59 Å². The maximum absolute atomic E-state index is 12.4. The van der Waals surface area contributed by atoms with E-state index in [-0.39, 0.29) is 11.8 Å². The molecule has 1 N–H and O–H groups in total. The maximum atomic E-state index is 12.4. The monoisotopic (exact) mass is 418 g/mol. The van der Waals surface area contributed by atoms with E-state index in [2.05, 4.69) is 11.4 Å². The Morgan fingerprint density at radius 2 is 1.67 bits per heavy atom. The van der Waals surface area contributed by atoms with Crippen LogP contribution in [0, 0.1) is 0 Å². The van der Waals surface area contributed by atoms with Gasteiger partial charge in [0.2, 0.25) is 5.91 Å². The Morgan fingerprint density at radius 3 is 2.37 bits per heavy atom. The molecule has 152 valence electrons. The zero-order valence-corrected chi connectivity index (χ0v) is 17.6. The molecule has 4 rings (SSSR count). The summed E-state index contributed by atoms with van der Waals surface area (Å²) in [5.41, 5.74) is 5.97. The Balaban J connectivity index is 1.44. The van der Waals surface area contributed by atoms with Gasteiger partial charge in [-0.25, -0.2) is 0 Å². The lowest BCUT2D eigenvalue weighted by Crippen LogP contribution is -2.27. The average molecular weight is 419 g/mol. The number of rotatable bonds is 5. The lowest BCUT2D eigenvalue weighted by Gasteiger charge is -2.16. The molecule has 1 heterocycles. The number of hydrogen-bond donors (Lipinski definition) is 1. The molecule has 0 aliphatic carbocycles. The highest BCUT2D eigenvalue weighted by molar-refractivity contribution is 6.30. The van der Waals surface area contributed by atoms with Crippen LogP contribution in [0.25, 0.3) is 11.1 Å². The van der Waals surface area contributed by atoms with E-state index in [0.29, 0.717) is 23.6 Å². The summed E-state index contributed by atoms with van der Waals surface area (Å²) < 4.78 is 0. The van der Waals surface area contributed by atoms with Gasteiger partial charge in [-0.3, -0.25) is 9.59 Å². The number of hydrogen-bond acceptors (Lipinski definition) is 2. The predicted molar refractivity (Wildman–Crippen MR) is 121 cm³/mol. The highest BCUT2D eigenvalue weighted by Gasteiger charge is 2.23. The molecule has 2 amide bonds. The summed E-state index contributed by atoms with van der Waals surface area (Å²) in [7, 11) is 0. The number of carbonyl (C=O) groups is 2. The van der Waals surface area contributed by atoms with Gasteiger partial charge >= 0.3 is 0 Å². The van der Waals surface area contributed by atoms with Crippen molar-refractivity contribution in [2.75, 3.05) is 11.4 Å². The lowest BCUT2D eigenvalue weighted by atomic mass is 10.0. The van der Waals surface area contributed by atoms with Crippen LogP contribution < -0.4 is 10.2 Å². The second-order valence-corrected chi connectivity index (χ2v) is 7.82. The van der Waals surface area contributed by atoms with Gasteiger partial charge in [-0.05, 0) is 65.1 Å². The largest absolute Gasteiger partial charge is 0.348 e. The molecule has 0 fully saturated rings. The van der Waals surface area contributed by atoms with Crippen molar-refractivity contribution in [3.8, 4) is 11.1 Å². The molecule has 0 spiro atoms. The Labute approximate surface area is 181 Å². The molecule has 3 aromatic carbocycles. The standard InChI is InChI=1S/C25H23ClN2O2/c1-2-24(29)28-14-13-21-15-20(9-12-23(21)28)18-5-7-19(8-6-18)25(30)27-16-17-3-10-22(26)11-4-17/h3-12,15H,2,13-14,16H2,1H3,(H,27,30). The van der Waals surface area contributed by atoms with Crippen molar-refractivity contribution in [1.82, 2.24) is 5.32 Å². The van der Waals surface area contributed by atoms with Crippen LogP contribution in [0.1, 0.15) is 34.8 Å². The van der Waals surface area contributed by atoms with Gasteiger partial charge in [0.25, 0.3) is 5.91 Å². The van der Waals surface area contributed by atoms with Gasteiger partial charge in [-0.1, -0.05) is 48.9 Å². The summed E-state index contributed by atoms with van der Waals surface area (Å²) in [6, 6.07) is 21.2. The molecular weight excluding hydrogens is 396 g/mol. The topological polar surface area (TPSA) is 49.4 Å². The number of nitrogens with zero attached hydrogens (tertiary/aromatic N) is 1. The van der Waals surface area contributed by atoms with Crippen molar-refractivity contribution in [1.29, 1.82) is 0 Å². The normalized spacial score (nSPS) is 12.5. The SMILES string of the molecule is CCC(=O)N1CCc2cc(-c3ccc(C(=O)NCc4ccc(Cl)cc4)cc3)ccc21. The van der Waals surface area contributed by atoms with Crippen LogP contribution in [-0.2, 0) is 17.8 Å². The second-order valence-electron chi connectivity index (χ2n) is 7.38. The van der Waals surface area contributed by atoms with Crippen LogP contribution in [0.2, 0.25) is 5.02 Å². The van der Waals surface area contributed by atoms with Crippen LogP contribution in [-0.4, -0.2) is 18.4 Å². The molecule has 0 bridgehead atoms. The van der Waals surface area contributed by atoms with Crippen LogP contribution in [0.3, 0.4) is 0 Å². The Bertz CT molecular complexity index is 1080. The van der Waals surface area contributed by atoms with E-state index in [1.807, 2.05) is 72.5 Å². The molecule has 3 aromatic rings. The summed E-state index contributed by atoms with van der Waals surface area (Å²) >= 11 is 5.89. The zero-order valence-electron chi connectivity index (χ0n) is 16.8. The fraction of sp³-hybridized carbons (Fsp3) is 0.200. The number of fused-ring (bicyclic) bond motifs is 1. The van der Waals surface area contributed by atoms with Crippen molar-refractivity contribution < 1.29 is 9.59 Å². The Hall–Kier alpha value is -3.11. The first-order valence-corrected chi connectivity index (χ1v) is 10.5. The Morgan fingerprint density at radius 1 is 0.967 bits per heavy atom. The molecule has 4 nitrogen and oxygen atoms in total. The number of carbonyl (C=O) groups excluding carboxylic acids is 2. The number of halogens is 1. The molecule has 5 heteroatoms. The van der Waals surface area contributed by atoms with Crippen molar-refractivity contribution in [2.24, 2.45) is 0 Å². The van der Waals surface area contributed by atoms with E-state index < -0.39 is 0 Å². The summed E-state index contributed by atoms with van der Waals surface area (Å²) in [5.74, 6) is 0.0506. The summed E-state index contributed by atoms with van der Waals surface area (Å²) in [6.07, 6.45) is 1.39. The molecule has 0 aromatic heterocycles. The second kappa shape index (κ2) is 8.72. The number of amides is 2. The van der Waals surface area contributed by atoms with E-state index in [1.54, 1.807) is 0 Å². The molecule has 1 aliphatic heterocycles. The molecule has 0 atom stereocenters. The molecule has 0 unspecified atom stereocenters. The third-order valence-corrected chi connectivity index (χ3v) is 5.68. The lowest BCUT2D eigenvalue weighted by molar-refractivity contribution is -0.118. The van der Waals surface area contributed by atoms with Crippen molar-refractivity contribution in [3.63, 3.8) is 0 Å². The average Bonchev–Trinajstić information content (AvgIpc) is 3.21. The maximum Gasteiger partial charge on any atom is 0.251 e. The van der Waals surface area contributed by atoms with Gasteiger partial charge in [-0.2, -0.15) is 0 Å². The highest BCUT2D eigenvalue weighted by Crippen LogP contribution is 2.32. The van der Waals surface area contributed by atoms with Crippen molar-refractivity contribution in [2.45, 2.75) is 26.3 Å². The molecule has 0 radical (unpaired) electrons. The van der Waals surface area contributed by atoms with Gasteiger partial charge in [0.15, 0.2) is 0 Å². The minimum atomic E-state index is -0.112. The molecule has 0 saturated carbocycles. The van der Waals surface area contributed by atoms with Crippen molar-refractivity contribution >= 4 is 29.1 Å². The van der Waals surface area contributed by atoms with Gasteiger partial charge in [-0.15, -0.1) is 0 Å². The first kappa shape index (κ1) is 20.2. The zero-order chi connectivity index (χ0) is 21.1. The van der Waals surface area contributed by atoms with E-state index in [0.717, 1.165) is 35.3 Å². The van der Waals surface area contributed by atoms with Crippen LogP contribution in [0.5, 0.6) is 0 Å². The fourth-order valence-electron chi connectivity index (χ4n) is 3.73. The van der Waals surface area contributed by atoms with Crippen LogP contribution >= 0.6 is 11.6 Å². The molecular formula is C25H23ClN2O2. The van der Waals surface area contributed by atoms with E-state index in [1.165, 1.54) is 5.56 Å². The quantitative estimate of drug-likeness (QED) is 0.616. The summed E-state index contributed by atoms with van der Waals surface area (Å²) in [6.45, 7) is 3.09. The molecule has 30 heavy (non-hydrogen) atoms. The predicted octanol–water partition coefficient (Wildman–Crippen LogP) is 5.24. The first-order valence-electron chi connectivity index (χ1n) is 10.1. The number of nitrogens with one attached hydrogen (secondary N) is 1. The fourth-order valence-corrected chi connectivity index (χ4v) is 3.86. The highest BCUT2D eigenvalue weighted by atomic mass is 35.5. The van der Waals surface area contributed by atoms with Crippen LogP contribution in [0.15, 0.2) is 66.7 Å². The molecule has 1 aliphatic rings. The van der Waals surface area contributed by atoms with E-state index >= 15 is 0 Å². The summed E-state index contributed by atoms with van der Waals surface area (Å²) in [5, 5.41) is 3.61. The van der Waals surface area contributed by atoms with Gasteiger partial charge in [0.05, 0.1) is 0 Å². The Kier molecular flexibility index (Phi) is 5.86. The van der Waals surface area contributed by atoms with E-state index in [4.69, 9.17) is 11.6 Å². The van der Waals surface area contributed by atoms with Crippen molar-refractivity contribution in [3.05, 3.63) is 88.4 Å². The number of anilines is 1. The number of benzene rings is 3.